The number of amides is 1. The van der Waals surface area contributed by atoms with Crippen molar-refractivity contribution in [1.29, 1.82) is 0 Å². The van der Waals surface area contributed by atoms with Crippen LogP contribution in [-0.2, 0) is 6.54 Å². The second-order valence-electron chi connectivity index (χ2n) is 4.46. The van der Waals surface area contributed by atoms with E-state index in [9.17, 15) is 9.18 Å². The van der Waals surface area contributed by atoms with Crippen molar-refractivity contribution in [3.63, 3.8) is 0 Å². The summed E-state index contributed by atoms with van der Waals surface area (Å²) in [6.07, 6.45) is 0. The van der Waals surface area contributed by atoms with Gasteiger partial charge in [-0.15, -0.1) is 12.6 Å². The molecule has 2 rings (SSSR count). The SMILES string of the molecule is CN(Cc1cccc(Br)c1)C(=O)c1cc(S)ccc1F. The zero-order valence-corrected chi connectivity index (χ0v) is 13.3. The fraction of sp³-hybridized carbons (Fsp3) is 0.133. The quantitative estimate of drug-likeness (QED) is 0.821. The van der Waals surface area contributed by atoms with Crippen LogP contribution in [0.2, 0.25) is 0 Å². The summed E-state index contributed by atoms with van der Waals surface area (Å²) < 4.78 is 14.6. The summed E-state index contributed by atoms with van der Waals surface area (Å²) in [6.45, 7) is 0.411. The Kier molecular flexibility index (Phi) is 4.83. The molecule has 0 unspecified atom stereocenters. The predicted molar refractivity (Wildman–Crippen MR) is 83.6 cm³/mol. The largest absolute Gasteiger partial charge is 0.337 e. The third kappa shape index (κ3) is 3.61. The van der Waals surface area contributed by atoms with Crippen molar-refractivity contribution in [2.24, 2.45) is 0 Å². The van der Waals surface area contributed by atoms with E-state index >= 15 is 0 Å². The summed E-state index contributed by atoms with van der Waals surface area (Å²) in [4.78, 5) is 14.3. The molecule has 0 fully saturated rings. The number of carbonyl (C=O) groups excluding carboxylic acids is 1. The highest BCUT2D eigenvalue weighted by Gasteiger charge is 2.16. The van der Waals surface area contributed by atoms with Crippen molar-refractivity contribution in [1.82, 2.24) is 4.90 Å². The third-order valence-electron chi connectivity index (χ3n) is 2.84. The van der Waals surface area contributed by atoms with E-state index in [0.29, 0.717) is 11.4 Å². The van der Waals surface area contributed by atoms with Crippen LogP contribution in [0.1, 0.15) is 15.9 Å². The Bertz CT molecular complexity index is 648. The van der Waals surface area contributed by atoms with Crippen LogP contribution in [-0.4, -0.2) is 17.9 Å². The number of thiol groups is 1. The predicted octanol–water partition coefficient (Wildman–Crippen LogP) is 4.15. The van der Waals surface area contributed by atoms with Crippen LogP contribution in [0, 0.1) is 5.82 Å². The first kappa shape index (κ1) is 15.1. The lowest BCUT2D eigenvalue weighted by Crippen LogP contribution is -2.27. The second-order valence-corrected chi connectivity index (χ2v) is 5.89. The molecule has 0 aliphatic rings. The highest BCUT2D eigenvalue weighted by Crippen LogP contribution is 2.17. The molecule has 0 saturated carbocycles. The van der Waals surface area contributed by atoms with Gasteiger partial charge < -0.3 is 4.90 Å². The summed E-state index contributed by atoms with van der Waals surface area (Å²) in [7, 11) is 1.65. The molecular weight excluding hydrogens is 341 g/mol. The van der Waals surface area contributed by atoms with Crippen molar-refractivity contribution in [3.8, 4) is 0 Å². The van der Waals surface area contributed by atoms with Crippen molar-refractivity contribution in [2.75, 3.05) is 7.05 Å². The zero-order valence-electron chi connectivity index (χ0n) is 10.8. The Labute approximate surface area is 131 Å². The molecule has 2 aromatic rings. The van der Waals surface area contributed by atoms with Crippen LogP contribution >= 0.6 is 28.6 Å². The Morgan fingerprint density at radius 3 is 2.75 bits per heavy atom. The van der Waals surface area contributed by atoms with E-state index in [-0.39, 0.29) is 11.5 Å². The normalized spacial score (nSPS) is 10.4. The molecule has 2 nitrogen and oxygen atoms in total. The van der Waals surface area contributed by atoms with Gasteiger partial charge in [0.2, 0.25) is 0 Å². The van der Waals surface area contributed by atoms with Crippen LogP contribution < -0.4 is 0 Å². The van der Waals surface area contributed by atoms with E-state index in [0.717, 1.165) is 10.0 Å². The van der Waals surface area contributed by atoms with Gasteiger partial charge in [-0.2, -0.15) is 0 Å². The standard InChI is InChI=1S/C15H13BrFNOS/c1-18(9-10-3-2-4-11(16)7-10)15(19)13-8-12(20)5-6-14(13)17/h2-8,20H,9H2,1H3. The van der Waals surface area contributed by atoms with Gasteiger partial charge in [0.25, 0.3) is 5.91 Å². The van der Waals surface area contributed by atoms with Gasteiger partial charge in [-0.3, -0.25) is 4.79 Å². The maximum atomic E-state index is 13.7. The van der Waals surface area contributed by atoms with E-state index < -0.39 is 5.82 Å². The van der Waals surface area contributed by atoms with Gasteiger partial charge in [-0.25, -0.2) is 4.39 Å². The fourth-order valence-corrected chi connectivity index (χ4v) is 2.51. The third-order valence-corrected chi connectivity index (χ3v) is 3.61. The summed E-state index contributed by atoms with van der Waals surface area (Å²) in [5.74, 6) is -0.896. The Morgan fingerprint density at radius 2 is 2.05 bits per heavy atom. The minimum Gasteiger partial charge on any atom is -0.337 e. The minimum atomic E-state index is -0.533. The smallest absolute Gasteiger partial charge is 0.256 e. The van der Waals surface area contributed by atoms with Gasteiger partial charge in [-0.05, 0) is 35.9 Å². The molecule has 0 aliphatic heterocycles. The van der Waals surface area contributed by atoms with Crippen molar-refractivity contribution < 1.29 is 9.18 Å². The van der Waals surface area contributed by atoms with Gasteiger partial charge in [0, 0.05) is 23.0 Å². The molecule has 0 saturated heterocycles. The average molecular weight is 354 g/mol. The van der Waals surface area contributed by atoms with E-state index in [4.69, 9.17) is 0 Å². The van der Waals surface area contributed by atoms with Gasteiger partial charge in [0.1, 0.15) is 5.82 Å². The van der Waals surface area contributed by atoms with Crippen LogP contribution in [0.25, 0.3) is 0 Å². The van der Waals surface area contributed by atoms with Crippen LogP contribution in [0.15, 0.2) is 51.8 Å². The molecule has 0 radical (unpaired) electrons. The maximum Gasteiger partial charge on any atom is 0.256 e. The average Bonchev–Trinajstić information content (AvgIpc) is 2.40. The molecule has 0 atom stereocenters. The van der Waals surface area contributed by atoms with Crippen molar-refractivity contribution in [2.45, 2.75) is 11.4 Å². The Morgan fingerprint density at radius 1 is 1.30 bits per heavy atom. The van der Waals surface area contributed by atoms with Gasteiger partial charge in [0.15, 0.2) is 0 Å². The highest BCUT2D eigenvalue weighted by molar-refractivity contribution is 9.10. The van der Waals surface area contributed by atoms with Crippen LogP contribution in [0.4, 0.5) is 4.39 Å². The first-order valence-corrected chi connectivity index (χ1v) is 7.20. The topological polar surface area (TPSA) is 20.3 Å². The number of hydrogen-bond donors (Lipinski definition) is 1. The minimum absolute atomic E-state index is 0.0370. The Hall–Kier alpha value is -1.33. The molecule has 0 aliphatic carbocycles. The number of carbonyl (C=O) groups is 1. The summed E-state index contributed by atoms with van der Waals surface area (Å²) in [5, 5.41) is 0. The molecule has 0 aromatic heterocycles. The number of benzene rings is 2. The molecule has 0 spiro atoms. The zero-order chi connectivity index (χ0) is 14.7. The maximum absolute atomic E-state index is 13.7. The first-order valence-electron chi connectivity index (χ1n) is 5.96. The molecule has 0 bridgehead atoms. The molecule has 0 heterocycles. The fourth-order valence-electron chi connectivity index (χ4n) is 1.86. The molecule has 0 N–H and O–H groups in total. The van der Waals surface area contributed by atoms with E-state index in [1.54, 1.807) is 7.05 Å². The monoisotopic (exact) mass is 353 g/mol. The second kappa shape index (κ2) is 6.41. The van der Waals surface area contributed by atoms with Crippen LogP contribution in [0.5, 0.6) is 0 Å². The molecule has 104 valence electrons. The molecule has 2 aromatic carbocycles. The number of nitrogens with zero attached hydrogens (tertiary/aromatic N) is 1. The molecule has 1 amide bonds. The lowest BCUT2D eigenvalue weighted by atomic mass is 10.1. The summed E-state index contributed by atoms with van der Waals surface area (Å²) in [6, 6.07) is 11.9. The molecular formula is C15H13BrFNOS. The Balaban J connectivity index is 2.18. The first-order chi connectivity index (χ1) is 9.47. The van der Waals surface area contributed by atoms with Gasteiger partial charge >= 0.3 is 0 Å². The summed E-state index contributed by atoms with van der Waals surface area (Å²) >= 11 is 7.52. The highest BCUT2D eigenvalue weighted by atomic mass is 79.9. The lowest BCUT2D eigenvalue weighted by Gasteiger charge is -2.18. The number of hydrogen-bond acceptors (Lipinski definition) is 2. The molecule has 20 heavy (non-hydrogen) atoms. The van der Waals surface area contributed by atoms with Crippen molar-refractivity contribution in [3.05, 3.63) is 63.9 Å². The lowest BCUT2D eigenvalue weighted by molar-refractivity contribution is 0.0780. The number of halogens is 2. The molecule has 5 heteroatoms. The summed E-state index contributed by atoms with van der Waals surface area (Å²) in [5.41, 5.74) is 1.01. The van der Waals surface area contributed by atoms with Gasteiger partial charge in [0.05, 0.1) is 5.56 Å². The van der Waals surface area contributed by atoms with E-state index in [1.165, 1.54) is 23.1 Å². The van der Waals surface area contributed by atoms with Crippen LogP contribution in [0.3, 0.4) is 0 Å². The van der Waals surface area contributed by atoms with E-state index in [2.05, 4.69) is 28.6 Å². The van der Waals surface area contributed by atoms with E-state index in [1.807, 2.05) is 24.3 Å². The van der Waals surface area contributed by atoms with Crippen molar-refractivity contribution >= 4 is 34.5 Å². The van der Waals surface area contributed by atoms with Gasteiger partial charge in [-0.1, -0.05) is 28.1 Å². The number of rotatable bonds is 3.